The largest absolute Gasteiger partial charge is 0.352 e. The second-order valence-electron chi connectivity index (χ2n) is 7.28. The second-order valence-corrected chi connectivity index (χ2v) is 9.23. The lowest BCUT2D eigenvalue weighted by Crippen LogP contribution is -2.29. The van der Waals surface area contributed by atoms with E-state index in [1.54, 1.807) is 11.4 Å². The molecule has 32 heavy (non-hydrogen) atoms. The fourth-order valence-electron chi connectivity index (χ4n) is 3.60. The van der Waals surface area contributed by atoms with Crippen LogP contribution in [0.2, 0.25) is 0 Å². The van der Waals surface area contributed by atoms with E-state index < -0.39 is 5.69 Å². The van der Waals surface area contributed by atoms with E-state index in [9.17, 15) is 14.4 Å². The lowest BCUT2D eigenvalue weighted by Gasteiger charge is -2.06. The van der Waals surface area contributed by atoms with Gasteiger partial charge in [0.2, 0.25) is 11.7 Å². The molecule has 8 nitrogen and oxygen atoms in total. The first-order valence-corrected chi connectivity index (χ1v) is 11.8. The molecule has 0 radical (unpaired) electrons. The second kappa shape index (κ2) is 8.21. The molecule has 4 aromatic heterocycles. The minimum Gasteiger partial charge on any atom is -0.324 e. The van der Waals surface area contributed by atoms with Crippen molar-refractivity contribution < 1.29 is 4.79 Å². The molecule has 10 heteroatoms. The maximum absolute atomic E-state index is 13.2. The first-order valence-electron chi connectivity index (χ1n) is 10.1. The molecule has 1 amide bonds. The van der Waals surface area contributed by atoms with Crippen LogP contribution in [0.3, 0.4) is 0 Å². The fraction of sp³-hybridized carbons (Fsp3) is 0.182. The quantitative estimate of drug-likeness (QED) is 0.417. The Morgan fingerprint density at radius 3 is 2.59 bits per heavy atom. The van der Waals surface area contributed by atoms with Crippen molar-refractivity contribution in [3.05, 3.63) is 84.5 Å². The van der Waals surface area contributed by atoms with Crippen LogP contribution in [0.5, 0.6) is 0 Å². The van der Waals surface area contributed by atoms with E-state index in [1.807, 2.05) is 41.8 Å². The number of nitrogens with one attached hydrogen (secondary N) is 1. The van der Waals surface area contributed by atoms with Gasteiger partial charge in [0, 0.05) is 10.6 Å². The zero-order valence-electron chi connectivity index (χ0n) is 17.1. The predicted octanol–water partition coefficient (Wildman–Crippen LogP) is 3.18. The van der Waals surface area contributed by atoms with Gasteiger partial charge in [0.15, 0.2) is 0 Å². The number of hydrogen-bond donors (Lipinski definition) is 1. The van der Waals surface area contributed by atoms with Crippen LogP contribution in [0.15, 0.2) is 62.8 Å². The number of thiophene rings is 2. The number of benzene rings is 1. The number of anilines is 1. The maximum Gasteiger partial charge on any atom is 0.352 e. The highest BCUT2D eigenvalue weighted by Gasteiger charge is 2.20. The van der Waals surface area contributed by atoms with Crippen LogP contribution in [-0.4, -0.2) is 24.7 Å². The van der Waals surface area contributed by atoms with Gasteiger partial charge in [-0.2, -0.15) is 0 Å². The molecule has 5 rings (SSSR count). The van der Waals surface area contributed by atoms with Crippen molar-refractivity contribution in [2.24, 2.45) is 0 Å². The Kier molecular flexibility index (Phi) is 5.24. The fourth-order valence-corrected chi connectivity index (χ4v) is 5.11. The van der Waals surface area contributed by atoms with Crippen molar-refractivity contribution in [3.63, 3.8) is 0 Å². The van der Waals surface area contributed by atoms with Gasteiger partial charge in [-0.3, -0.25) is 14.2 Å². The summed E-state index contributed by atoms with van der Waals surface area (Å²) in [6.45, 7) is 2.11. The van der Waals surface area contributed by atoms with Crippen LogP contribution < -0.4 is 16.6 Å². The Morgan fingerprint density at radius 1 is 1.06 bits per heavy atom. The molecule has 0 bridgehead atoms. The number of aromatic nitrogens is 4. The van der Waals surface area contributed by atoms with Gasteiger partial charge < -0.3 is 5.32 Å². The molecule has 1 aromatic carbocycles. The van der Waals surface area contributed by atoms with E-state index in [1.165, 1.54) is 37.2 Å². The van der Waals surface area contributed by atoms with E-state index in [-0.39, 0.29) is 23.8 Å². The molecular formula is C22H19N5O3S2. The summed E-state index contributed by atoms with van der Waals surface area (Å²) in [4.78, 5) is 39.8. The lowest BCUT2D eigenvalue weighted by molar-refractivity contribution is -0.117. The molecular weight excluding hydrogens is 446 g/mol. The Hall–Kier alpha value is -3.50. The molecule has 0 saturated heterocycles. The molecule has 0 atom stereocenters. The van der Waals surface area contributed by atoms with Crippen LogP contribution >= 0.6 is 22.7 Å². The zero-order chi connectivity index (χ0) is 22.2. The number of hydrogen-bond acceptors (Lipinski definition) is 6. The molecule has 5 aromatic rings. The number of carbonyl (C=O) groups is 1. The Labute approximate surface area is 190 Å². The first-order chi connectivity index (χ1) is 15.5. The standard InChI is InChI=1S/C22H19N5O3S2/c1-2-14-5-7-15(8-6-14)23-18(28)13-26-22(30)27-17-9-11-32-19(17)20(29)25(21(27)24-26)12-16-4-3-10-31-16/h3-11H,2,12-13H2,1H3,(H,23,28). The zero-order valence-corrected chi connectivity index (χ0v) is 18.8. The van der Waals surface area contributed by atoms with E-state index in [2.05, 4.69) is 17.3 Å². The normalized spacial score (nSPS) is 11.4. The average Bonchev–Trinajstić information content (AvgIpc) is 3.53. The summed E-state index contributed by atoms with van der Waals surface area (Å²) >= 11 is 2.81. The molecule has 0 saturated carbocycles. The lowest BCUT2D eigenvalue weighted by atomic mass is 10.1. The highest BCUT2D eigenvalue weighted by molar-refractivity contribution is 7.17. The maximum atomic E-state index is 13.2. The van der Waals surface area contributed by atoms with Crippen molar-refractivity contribution in [2.75, 3.05) is 5.32 Å². The summed E-state index contributed by atoms with van der Waals surface area (Å²) in [5.74, 6) is -0.145. The number of amides is 1. The predicted molar refractivity (Wildman–Crippen MR) is 127 cm³/mol. The van der Waals surface area contributed by atoms with Gasteiger partial charge in [-0.25, -0.2) is 13.9 Å². The van der Waals surface area contributed by atoms with Crippen LogP contribution in [0.25, 0.3) is 16.0 Å². The topological polar surface area (TPSA) is 90.4 Å². The van der Waals surface area contributed by atoms with E-state index in [0.29, 0.717) is 22.4 Å². The highest BCUT2D eigenvalue weighted by atomic mass is 32.1. The molecule has 0 unspecified atom stereocenters. The Morgan fingerprint density at radius 2 is 1.88 bits per heavy atom. The summed E-state index contributed by atoms with van der Waals surface area (Å²) in [5.41, 5.74) is 1.67. The van der Waals surface area contributed by atoms with Crippen molar-refractivity contribution >= 4 is 50.3 Å². The van der Waals surface area contributed by atoms with E-state index >= 15 is 0 Å². The van der Waals surface area contributed by atoms with Crippen molar-refractivity contribution in [1.82, 2.24) is 18.7 Å². The number of carbonyl (C=O) groups excluding carboxylic acids is 1. The number of aryl methyl sites for hydroxylation is 1. The average molecular weight is 466 g/mol. The molecule has 162 valence electrons. The summed E-state index contributed by atoms with van der Waals surface area (Å²) < 4.78 is 4.48. The first kappa shape index (κ1) is 20.4. The van der Waals surface area contributed by atoms with E-state index in [0.717, 1.165) is 16.0 Å². The van der Waals surface area contributed by atoms with Crippen molar-refractivity contribution in [3.8, 4) is 0 Å². The van der Waals surface area contributed by atoms with E-state index in [4.69, 9.17) is 0 Å². The third-order valence-electron chi connectivity index (χ3n) is 5.22. The summed E-state index contributed by atoms with van der Waals surface area (Å²) in [5, 5.41) is 10.9. The Bertz CT molecular complexity index is 1540. The molecule has 0 fully saturated rings. The molecule has 4 heterocycles. The number of rotatable bonds is 6. The van der Waals surface area contributed by atoms with Gasteiger partial charge >= 0.3 is 5.69 Å². The third kappa shape index (κ3) is 3.57. The van der Waals surface area contributed by atoms with Crippen LogP contribution in [0.4, 0.5) is 5.69 Å². The highest BCUT2D eigenvalue weighted by Crippen LogP contribution is 2.19. The minimum absolute atomic E-state index is 0.200. The van der Waals surface area contributed by atoms with Crippen molar-refractivity contribution in [2.45, 2.75) is 26.4 Å². The monoisotopic (exact) mass is 465 g/mol. The molecule has 1 N–H and O–H groups in total. The van der Waals surface area contributed by atoms with Crippen LogP contribution in [0, 0.1) is 0 Å². The number of fused-ring (bicyclic) bond motifs is 3. The van der Waals surface area contributed by atoms with Gasteiger partial charge in [-0.15, -0.1) is 27.8 Å². The van der Waals surface area contributed by atoms with Gasteiger partial charge in [0.25, 0.3) is 5.56 Å². The van der Waals surface area contributed by atoms with Gasteiger partial charge in [-0.05, 0) is 47.0 Å². The number of nitrogens with zero attached hydrogens (tertiary/aromatic N) is 4. The van der Waals surface area contributed by atoms with Crippen LogP contribution in [-0.2, 0) is 24.3 Å². The SMILES string of the molecule is CCc1ccc(NC(=O)Cn2nc3n(Cc4cccs4)c(=O)c4sccc4n3c2=O)cc1. The summed E-state index contributed by atoms with van der Waals surface area (Å²) in [6.07, 6.45) is 0.912. The van der Waals surface area contributed by atoms with Gasteiger partial charge in [0.05, 0.1) is 12.1 Å². The van der Waals surface area contributed by atoms with Gasteiger partial charge in [-0.1, -0.05) is 25.1 Å². The molecule has 0 spiro atoms. The Balaban J connectivity index is 1.54. The van der Waals surface area contributed by atoms with Gasteiger partial charge in [0.1, 0.15) is 11.2 Å². The molecule has 0 aliphatic rings. The molecule has 0 aliphatic heterocycles. The van der Waals surface area contributed by atoms with Crippen LogP contribution in [0.1, 0.15) is 17.4 Å². The summed E-state index contributed by atoms with van der Waals surface area (Å²) in [7, 11) is 0. The summed E-state index contributed by atoms with van der Waals surface area (Å²) in [6, 6.07) is 13.1. The third-order valence-corrected chi connectivity index (χ3v) is 6.97. The van der Waals surface area contributed by atoms with Crippen molar-refractivity contribution in [1.29, 1.82) is 0 Å². The molecule has 0 aliphatic carbocycles. The smallest absolute Gasteiger partial charge is 0.324 e. The minimum atomic E-state index is -0.459.